The lowest BCUT2D eigenvalue weighted by Gasteiger charge is -2.27. The van der Waals surface area contributed by atoms with Gasteiger partial charge in [-0.05, 0) is 48.7 Å². The van der Waals surface area contributed by atoms with E-state index in [9.17, 15) is 14.7 Å². The molecule has 0 aliphatic carbocycles. The Morgan fingerprint density at radius 3 is 2.31 bits per heavy atom. The maximum absolute atomic E-state index is 13.3. The second-order valence-electron chi connectivity index (χ2n) is 7.69. The van der Waals surface area contributed by atoms with E-state index in [0.29, 0.717) is 16.3 Å². The largest absolute Gasteiger partial charge is 0.507 e. The Morgan fingerprint density at radius 1 is 1.00 bits per heavy atom. The quantitative estimate of drug-likeness (QED) is 0.321. The maximum Gasteiger partial charge on any atom is 0.300 e. The van der Waals surface area contributed by atoms with Crippen molar-refractivity contribution in [1.29, 1.82) is 0 Å². The maximum atomic E-state index is 13.3. The summed E-state index contributed by atoms with van der Waals surface area (Å²) in [5, 5.41) is 11.7. The summed E-state index contributed by atoms with van der Waals surface area (Å²) in [4.78, 5) is 28.0. The van der Waals surface area contributed by atoms with Crippen molar-refractivity contribution in [3.05, 3.63) is 99.6 Å². The number of ketones is 1. The molecular formula is C26H22ClNO4. The zero-order valence-electron chi connectivity index (χ0n) is 17.9. The standard InChI is InChI=1S/C26H22ClNO4/c1-15-13-18(25(32-3)19(27)14-15)23(29)21-22(17-10-5-4-6-11-17)28(26(31)24(21)30)20-12-8-7-9-16(20)2/h4-14,22,29H,1-3H3/b23-21+. The number of hydrogen-bond donors (Lipinski definition) is 1. The van der Waals surface area contributed by atoms with Gasteiger partial charge in [0.1, 0.15) is 11.5 Å². The van der Waals surface area contributed by atoms with Gasteiger partial charge in [0.25, 0.3) is 11.7 Å². The van der Waals surface area contributed by atoms with Crippen molar-refractivity contribution in [2.75, 3.05) is 12.0 Å². The summed E-state index contributed by atoms with van der Waals surface area (Å²) >= 11 is 6.33. The number of aliphatic hydroxyl groups excluding tert-OH is 1. The number of methoxy groups -OCH3 is 1. The van der Waals surface area contributed by atoms with Crippen molar-refractivity contribution in [3.8, 4) is 5.75 Å². The molecule has 6 heteroatoms. The van der Waals surface area contributed by atoms with Crippen LogP contribution in [0.25, 0.3) is 5.76 Å². The second kappa shape index (κ2) is 8.52. The number of amides is 1. The van der Waals surface area contributed by atoms with E-state index in [-0.39, 0.29) is 22.6 Å². The monoisotopic (exact) mass is 447 g/mol. The molecule has 32 heavy (non-hydrogen) atoms. The van der Waals surface area contributed by atoms with Gasteiger partial charge in [-0.2, -0.15) is 0 Å². The molecule has 0 bridgehead atoms. The van der Waals surface area contributed by atoms with Crippen molar-refractivity contribution < 1.29 is 19.4 Å². The molecule has 0 saturated carbocycles. The highest BCUT2D eigenvalue weighted by Crippen LogP contribution is 2.45. The molecule has 5 nitrogen and oxygen atoms in total. The number of carbonyl (C=O) groups excluding carboxylic acids is 2. The summed E-state index contributed by atoms with van der Waals surface area (Å²) < 4.78 is 5.41. The predicted octanol–water partition coefficient (Wildman–Crippen LogP) is 5.59. The van der Waals surface area contributed by atoms with Crippen molar-refractivity contribution in [1.82, 2.24) is 0 Å². The molecule has 1 atom stereocenters. The highest BCUT2D eigenvalue weighted by molar-refractivity contribution is 6.52. The highest BCUT2D eigenvalue weighted by Gasteiger charge is 2.47. The van der Waals surface area contributed by atoms with E-state index in [4.69, 9.17) is 16.3 Å². The topological polar surface area (TPSA) is 66.8 Å². The summed E-state index contributed by atoms with van der Waals surface area (Å²) in [5.41, 5.74) is 3.19. The molecular weight excluding hydrogens is 426 g/mol. The van der Waals surface area contributed by atoms with Crippen LogP contribution in [0.4, 0.5) is 5.69 Å². The molecule has 1 fully saturated rings. The third-order valence-corrected chi connectivity index (χ3v) is 5.86. The fourth-order valence-corrected chi connectivity index (χ4v) is 4.47. The minimum absolute atomic E-state index is 0.00980. The zero-order valence-corrected chi connectivity index (χ0v) is 18.7. The number of Topliss-reactive ketones (excluding diaryl/α,β-unsaturated/α-hetero) is 1. The van der Waals surface area contributed by atoms with Crippen molar-refractivity contribution in [2.24, 2.45) is 0 Å². The van der Waals surface area contributed by atoms with E-state index in [2.05, 4.69) is 0 Å². The molecule has 1 aliphatic rings. The average molecular weight is 448 g/mol. The first-order valence-corrected chi connectivity index (χ1v) is 10.5. The first kappa shape index (κ1) is 21.7. The summed E-state index contributed by atoms with van der Waals surface area (Å²) in [7, 11) is 1.44. The fourth-order valence-electron chi connectivity index (χ4n) is 4.12. The third kappa shape index (κ3) is 3.55. The lowest BCUT2D eigenvalue weighted by molar-refractivity contribution is -0.132. The number of carbonyl (C=O) groups is 2. The Morgan fingerprint density at radius 2 is 1.66 bits per heavy atom. The number of anilines is 1. The van der Waals surface area contributed by atoms with Gasteiger partial charge in [-0.15, -0.1) is 0 Å². The third-order valence-electron chi connectivity index (χ3n) is 5.58. The Balaban J connectivity index is 2.02. The van der Waals surface area contributed by atoms with Crippen LogP contribution in [0.1, 0.15) is 28.3 Å². The molecule has 162 valence electrons. The molecule has 0 aromatic heterocycles. The van der Waals surface area contributed by atoms with E-state index < -0.39 is 17.7 Å². The molecule has 1 amide bonds. The number of halogens is 1. The zero-order chi connectivity index (χ0) is 23.0. The van der Waals surface area contributed by atoms with Crippen LogP contribution in [-0.4, -0.2) is 23.9 Å². The Kier molecular flexibility index (Phi) is 5.76. The van der Waals surface area contributed by atoms with Crippen molar-refractivity contribution in [2.45, 2.75) is 19.9 Å². The number of benzene rings is 3. The lowest BCUT2D eigenvalue weighted by atomic mass is 9.94. The van der Waals surface area contributed by atoms with E-state index in [1.807, 2.05) is 62.4 Å². The SMILES string of the molecule is COc1c(Cl)cc(C)cc1/C(O)=C1\C(=O)C(=O)N(c2ccccc2C)C1c1ccccc1. The summed E-state index contributed by atoms with van der Waals surface area (Å²) in [6.07, 6.45) is 0. The second-order valence-corrected chi connectivity index (χ2v) is 8.10. The minimum Gasteiger partial charge on any atom is -0.507 e. The van der Waals surface area contributed by atoms with Crippen LogP contribution < -0.4 is 9.64 Å². The molecule has 4 rings (SSSR count). The van der Waals surface area contributed by atoms with Gasteiger partial charge in [-0.1, -0.05) is 60.1 Å². The highest BCUT2D eigenvalue weighted by atomic mass is 35.5. The lowest BCUT2D eigenvalue weighted by Crippen LogP contribution is -2.30. The van der Waals surface area contributed by atoms with E-state index in [1.54, 1.807) is 18.2 Å². The van der Waals surface area contributed by atoms with Gasteiger partial charge in [-0.3, -0.25) is 14.5 Å². The van der Waals surface area contributed by atoms with Gasteiger partial charge in [-0.25, -0.2) is 0 Å². The fraction of sp³-hybridized carbons (Fsp3) is 0.154. The number of ether oxygens (including phenoxy) is 1. The smallest absolute Gasteiger partial charge is 0.300 e. The average Bonchev–Trinajstić information content (AvgIpc) is 3.04. The molecule has 3 aromatic rings. The normalized spacial score (nSPS) is 17.6. The number of hydrogen-bond acceptors (Lipinski definition) is 4. The molecule has 3 aromatic carbocycles. The molecule has 1 N–H and O–H groups in total. The van der Waals surface area contributed by atoms with E-state index in [0.717, 1.165) is 11.1 Å². The summed E-state index contributed by atoms with van der Waals surface area (Å²) in [5.74, 6) is -1.55. The van der Waals surface area contributed by atoms with Crippen LogP contribution in [0.15, 0.2) is 72.3 Å². The Labute approximate surface area is 191 Å². The Hall–Kier alpha value is -3.57. The minimum atomic E-state index is -0.804. The van der Waals surface area contributed by atoms with Gasteiger partial charge in [0, 0.05) is 5.69 Å². The molecule has 1 heterocycles. The van der Waals surface area contributed by atoms with E-state index in [1.165, 1.54) is 12.0 Å². The van der Waals surface area contributed by atoms with Crippen LogP contribution in [-0.2, 0) is 9.59 Å². The molecule has 1 aliphatic heterocycles. The van der Waals surface area contributed by atoms with Gasteiger partial charge in [0.2, 0.25) is 0 Å². The van der Waals surface area contributed by atoms with Crippen LogP contribution >= 0.6 is 11.6 Å². The van der Waals surface area contributed by atoms with Crippen molar-refractivity contribution >= 4 is 34.7 Å². The summed E-state index contributed by atoms with van der Waals surface area (Å²) in [6.45, 7) is 3.70. The predicted molar refractivity (Wildman–Crippen MR) is 125 cm³/mol. The first-order valence-electron chi connectivity index (χ1n) is 10.1. The van der Waals surface area contributed by atoms with E-state index >= 15 is 0 Å². The Bertz CT molecular complexity index is 1250. The molecule has 0 radical (unpaired) electrons. The number of para-hydroxylation sites is 1. The van der Waals surface area contributed by atoms with Gasteiger partial charge < -0.3 is 9.84 Å². The number of aliphatic hydroxyl groups is 1. The molecule has 1 unspecified atom stereocenters. The van der Waals surface area contributed by atoms with Crippen LogP contribution in [0.3, 0.4) is 0 Å². The van der Waals surface area contributed by atoms with Crippen molar-refractivity contribution in [3.63, 3.8) is 0 Å². The van der Waals surface area contributed by atoms with Crippen LogP contribution in [0.5, 0.6) is 5.75 Å². The van der Waals surface area contributed by atoms with Gasteiger partial charge in [0.15, 0.2) is 0 Å². The first-order chi connectivity index (χ1) is 15.3. The van der Waals surface area contributed by atoms with Gasteiger partial charge in [0.05, 0.1) is 29.3 Å². The van der Waals surface area contributed by atoms with Gasteiger partial charge >= 0.3 is 0 Å². The molecule has 0 spiro atoms. The number of nitrogens with zero attached hydrogens (tertiary/aromatic N) is 1. The van der Waals surface area contributed by atoms with Crippen LogP contribution in [0, 0.1) is 13.8 Å². The number of rotatable bonds is 4. The summed E-state index contributed by atoms with van der Waals surface area (Å²) in [6, 6.07) is 19.1. The molecule has 1 saturated heterocycles. The number of aryl methyl sites for hydroxylation is 2. The van der Waals surface area contributed by atoms with Crippen LogP contribution in [0.2, 0.25) is 5.02 Å².